The summed E-state index contributed by atoms with van der Waals surface area (Å²) in [5.74, 6) is 0. The fraction of sp³-hybridized carbons (Fsp3) is 1.00. The van der Waals surface area contributed by atoms with E-state index in [-0.39, 0.29) is 0 Å². The van der Waals surface area contributed by atoms with E-state index in [2.05, 4.69) is 6.92 Å². The molecule has 0 heterocycles. The summed E-state index contributed by atoms with van der Waals surface area (Å²) in [5, 5.41) is 0. The van der Waals surface area contributed by atoms with Crippen LogP contribution in [0.3, 0.4) is 0 Å². The zero-order valence-electron chi connectivity index (χ0n) is 5.61. The summed E-state index contributed by atoms with van der Waals surface area (Å²) in [6.45, 7) is 2.44. The molecule has 1 saturated carbocycles. The van der Waals surface area contributed by atoms with Crippen molar-refractivity contribution in [1.29, 1.82) is 0 Å². The van der Waals surface area contributed by atoms with Crippen LogP contribution in [0.1, 0.15) is 39.0 Å². The fourth-order valence-corrected chi connectivity index (χ4v) is 2.52. The third-order valence-electron chi connectivity index (χ3n) is 2.00. The molecule has 0 aromatic rings. The van der Waals surface area contributed by atoms with Crippen LogP contribution < -0.4 is 0 Å². The summed E-state index contributed by atoms with van der Waals surface area (Å²) >= 11 is 1.47. The van der Waals surface area contributed by atoms with E-state index in [4.69, 9.17) is 0 Å². The Labute approximate surface area is 65.1 Å². The van der Waals surface area contributed by atoms with Crippen molar-refractivity contribution < 1.29 is 0 Å². The molecular weight excluding hydrogens is 203 g/mol. The molecule has 1 fully saturated rings. The van der Waals surface area contributed by atoms with E-state index in [0.29, 0.717) is 0 Å². The Balaban J connectivity index is 2.33. The topological polar surface area (TPSA) is 0 Å². The summed E-state index contributed by atoms with van der Waals surface area (Å²) in [7, 11) is 0. The van der Waals surface area contributed by atoms with E-state index in [1.807, 2.05) is 0 Å². The van der Waals surface area contributed by atoms with E-state index in [1.54, 1.807) is 0 Å². The Bertz CT molecular complexity index is 68.5. The molecule has 2 radical (unpaired) electrons. The second-order valence-corrected chi connectivity index (χ2v) is 7.19. The molecule has 0 unspecified atom stereocenters. The average molecular weight is 217 g/mol. The van der Waals surface area contributed by atoms with Gasteiger partial charge in [-0.15, -0.1) is 0 Å². The van der Waals surface area contributed by atoms with Crippen LogP contribution >= 0.6 is 0 Å². The Morgan fingerprint density at radius 1 is 1.12 bits per heavy atom. The zero-order valence-corrected chi connectivity index (χ0v) is 8.91. The predicted molar refractivity (Wildman–Crippen MR) is 38.6 cm³/mol. The molecule has 0 saturated heterocycles. The van der Waals surface area contributed by atoms with Gasteiger partial charge >= 0.3 is 65.0 Å². The van der Waals surface area contributed by atoms with E-state index in [9.17, 15) is 0 Å². The Morgan fingerprint density at radius 3 is 1.88 bits per heavy atom. The van der Waals surface area contributed by atoms with Crippen LogP contribution in [0, 0.1) is 0 Å². The van der Waals surface area contributed by atoms with Crippen LogP contribution in [-0.2, 0) is 0 Å². The maximum absolute atomic E-state index is 2.44. The maximum atomic E-state index is 2.44. The second-order valence-electron chi connectivity index (χ2n) is 3.21. The Kier molecular flexibility index (Phi) is 2.24. The molecule has 1 heteroatoms. The summed E-state index contributed by atoms with van der Waals surface area (Å²) in [6, 6.07) is 0. The van der Waals surface area contributed by atoms with Gasteiger partial charge in [-0.25, -0.2) is 0 Å². The SMILES string of the molecule is C[C]1([SnH])CCCCC1. The number of hydrogen-bond acceptors (Lipinski definition) is 0. The molecule has 0 aromatic heterocycles. The first-order valence-corrected chi connectivity index (χ1v) is 5.14. The van der Waals surface area contributed by atoms with Crippen LogP contribution in [0.5, 0.6) is 0 Å². The van der Waals surface area contributed by atoms with E-state index >= 15 is 0 Å². The minimum atomic E-state index is 0.809. The first-order valence-electron chi connectivity index (χ1n) is 3.50. The molecular formula is C7H14Sn. The first-order chi connectivity index (χ1) is 3.71. The summed E-state index contributed by atoms with van der Waals surface area (Å²) in [4.78, 5) is 0. The van der Waals surface area contributed by atoms with Crippen molar-refractivity contribution in [1.82, 2.24) is 0 Å². The van der Waals surface area contributed by atoms with E-state index < -0.39 is 0 Å². The monoisotopic (exact) mass is 218 g/mol. The number of rotatable bonds is 0. The second kappa shape index (κ2) is 2.59. The molecule has 0 aromatic carbocycles. The van der Waals surface area contributed by atoms with E-state index in [0.717, 1.165) is 3.43 Å². The van der Waals surface area contributed by atoms with Gasteiger partial charge in [0.1, 0.15) is 0 Å². The molecule has 0 N–H and O–H groups in total. The third-order valence-corrected chi connectivity index (χ3v) is 3.64. The molecule has 0 nitrogen and oxygen atoms in total. The van der Waals surface area contributed by atoms with Crippen molar-refractivity contribution >= 4 is 22.5 Å². The molecule has 46 valence electrons. The third kappa shape index (κ3) is 1.96. The molecule has 1 rings (SSSR count). The minimum absolute atomic E-state index is 0.809. The predicted octanol–water partition coefficient (Wildman–Crippen LogP) is 2.03. The van der Waals surface area contributed by atoms with Crippen molar-refractivity contribution in [2.75, 3.05) is 0 Å². The zero-order chi connectivity index (χ0) is 6.04. The van der Waals surface area contributed by atoms with Gasteiger partial charge in [0.25, 0.3) is 0 Å². The Morgan fingerprint density at radius 2 is 1.62 bits per heavy atom. The van der Waals surface area contributed by atoms with Crippen molar-refractivity contribution in [2.24, 2.45) is 0 Å². The van der Waals surface area contributed by atoms with Crippen molar-refractivity contribution in [3.63, 3.8) is 0 Å². The molecule has 1 aliphatic rings. The standard InChI is InChI=1S/C7H13.Sn.H/c1-7-5-3-2-4-6-7;;/h2-6H2,1H3;;. The van der Waals surface area contributed by atoms with Gasteiger partial charge in [-0.05, 0) is 0 Å². The van der Waals surface area contributed by atoms with Crippen LogP contribution in [0.2, 0.25) is 3.43 Å². The summed E-state index contributed by atoms with van der Waals surface area (Å²) < 4.78 is 0.809. The molecule has 0 aliphatic heterocycles. The van der Waals surface area contributed by atoms with Crippen LogP contribution in [0.15, 0.2) is 0 Å². The van der Waals surface area contributed by atoms with Gasteiger partial charge in [0.2, 0.25) is 0 Å². The van der Waals surface area contributed by atoms with Crippen molar-refractivity contribution in [3.8, 4) is 0 Å². The molecule has 0 spiro atoms. The van der Waals surface area contributed by atoms with E-state index in [1.165, 1.54) is 54.6 Å². The molecule has 8 heavy (non-hydrogen) atoms. The van der Waals surface area contributed by atoms with Gasteiger partial charge in [-0.1, -0.05) is 0 Å². The van der Waals surface area contributed by atoms with Gasteiger partial charge in [0.05, 0.1) is 0 Å². The van der Waals surface area contributed by atoms with Gasteiger partial charge in [-0.3, -0.25) is 0 Å². The normalized spacial score (nSPS) is 27.8. The van der Waals surface area contributed by atoms with Crippen LogP contribution in [0.4, 0.5) is 0 Å². The molecule has 1 aliphatic carbocycles. The molecule has 0 amide bonds. The fourth-order valence-electron chi connectivity index (χ4n) is 1.36. The first kappa shape index (κ1) is 6.91. The van der Waals surface area contributed by atoms with Crippen molar-refractivity contribution in [2.45, 2.75) is 42.5 Å². The molecule has 0 atom stereocenters. The quantitative estimate of drug-likeness (QED) is 0.544. The summed E-state index contributed by atoms with van der Waals surface area (Å²) in [6.07, 6.45) is 7.51. The van der Waals surface area contributed by atoms with Crippen LogP contribution in [0.25, 0.3) is 0 Å². The summed E-state index contributed by atoms with van der Waals surface area (Å²) in [5.41, 5.74) is 0. The van der Waals surface area contributed by atoms with Gasteiger partial charge < -0.3 is 0 Å². The van der Waals surface area contributed by atoms with Gasteiger partial charge in [-0.2, -0.15) is 0 Å². The molecule has 0 bridgehead atoms. The van der Waals surface area contributed by atoms with Crippen LogP contribution in [-0.4, -0.2) is 22.5 Å². The van der Waals surface area contributed by atoms with Crippen molar-refractivity contribution in [3.05, 3.63) is 0 Å². The number of hydrogen-bond donors (Lipinski definition) is 0. The van der Waals surface area contributed by atoms with Gasteiger partial charge in [0.15, 0.2) is 0 Å². The average Bonchev–Trinajstić information content (AvgIpc) is 1.65. The van der Waals surface area contributed by atoms with Gasteiger partial charge in [0, 0.05) is 0 Å². The Hall–Kier alpha value is 0.799.